The van der Waals surface area contributed by atoms with Gasteiger partial charge in [-0.25, -0.2) is 0 Å². The fourth-order valence-corrected chi connectivity index (χ4v) is 1.97. The summed E-state index contributed by atoms with van der Waals surface area (Å²) in [5, 5.41) is 16.7. The summed E-state index contributed by atoms with van der Waals surface area (Å²) in [5.74, 6) is 1.68. The standard InChI is InChI=1S/C13H16N4O/c1-9(7-11-5-4-6-18-11)15-13-12(8-14)10(2)16-17(13)3/h4-6,9,15H,7H2,1-3H3. The molecule has 0 spiro atoms. The Bertz CT molecular complexity index is 563. The molecule has 0 amide bonds. The number of rotatable bonds is 4. The van der Waals surface area contributed by atoms with Crippen LogP contribution >= 0.6 is 0 Å². The number of aryl methyl sites for hydroxylation is 2. The first-order chi connectivity index (χ1) is 8.61. The third-order valence-corrected chi connectivity index (χ3v) is 2.80. The summed E-state index contributed by atoms with van der Waals surface area (Å²) in [4.78, 5) is 0. The zero-order valence-electron chi connectivity index (χ0n) is 10.8. The molecule has 0 saturated heterocycles. The van der Waals surface area contributed by atoms with Crippen LogP contribution in [0.2, 0.25) is 0 Å². The van der Waals surface area contributed by atoms with Gasteiger partial charge in [0.15, 0.2) is 0 Å². The lowest BCUT2D eigenvalue weighted by atomic mass is 10.2. The first-order valence-corrected chi connectivity index (χ1v) is 5.84. The molecule has 0 aliphatic heterocycles. The molecule has 94 valence electrons. The molecule has 0 bridgehead atoms. The van der Waals surface area contributed by atoms with Gasteiger partial charge >= 0.3 is 0 Å². The van der Waals surface area contributed by atoms with Crippen LogP contribution in [-0.2, 0) is 13.5 Å². The first kappa shape index (κ1) is 12.2. The Morgan fingerprint density at radius 2 is 2.39 bits per heavy atom. The van der Waals surface area contributed by atoms with Gasteiger partial charge in [0, 0.05) is 19.5 Å². The molecule has 0 saturated carbocycles. The predicted octanol–water partition coefficient (Wildman–Crippen LogP) is 2.24. The fourth-order valence-electron chi connectivity index (χ4n) is 1.97. The number of anilines is 1. The number of furan rings is 1. The van der Waals surface area contributed by atoms with Gasteiger partial charge in [-0.05, 0) is 26.0 Å². The Kier molecular flexibility index (Phi) is 3.38. The lowest BCUT2D eigenvalue weighted by Gasteiger charge is -2.14. The molecular formula is C13H16N4O. The second-order valence-electron chi connectivity index (χ2n) is 4.37. The van der Waals surface area contributed by atoms with Crippen molar-refractivity contribution in [2.45, 2.75) is 26.3 Å². The molecule has 1 N–H and O–H groups in total. The van der Waals surface area contributed by atoms with Crippen molar-refractivity contribution < 1.29 is 4.42 Å². The van der Waals surface area contributed by atoms with Crippen molar-refractivity contribution in [1.82, 2.24) is 9.78 Å². The molecule has 5 nitrogen and oxygen atoms in total. The fraction of sp³-hybridized carbons (Fsp3) is 0.385. The van der Waals surface area contributed by atoms with E-state index in [9.17, 15) is 0 Å². The van der Waals surface area contributed by atoms with E-state index in [4.69, 9.17) is 9.68 Å². The van der Waals surface area contributed by atoms with Crippen LogP contribution < -0.4 is 5.32 Å². The van der Waals surface area contributed by atoms with E-state index < -0.39 is 0 Å². The van der Waals surface area contributed by atoms with Gasteiger partial charge in [0.2, 0.25) is 0 Å². The number of nitriles is 1. The smallest absolute Gasteiger partial charge is 0.142 e. The van der Waals surface area contributed by atoms with E-state index in [1.54, 1.807) is 10.9 Å². The Hall–Kier alpha value is -2.22. The number of hydrogen-bond acceptors (Lipinski definition) is 4. The van der Waals surface area contributed by atoms with Crippen LogP contribution in [-0.4, -0.2) is 15.8 Å². The largest absolute Gasteiger partial charge is 0.469 e. The van der Waals surface area contributed by atoms with Crippen LogP contribution in [0.1, 0.15) is 23.9 Å². The highest BCUT2D eigenvalue weighted by atomic mass is 16.3. The normalized spacial score (nSPS) is 12.1. The number of nitrogens with one attached hydrogen (secondary N) is 1. The van der Waals surface area contributed by atoms with Gasteiger partial charge in [0.1, 0.15) is 23.2 Å². The Morgan fingerprint density at radius 3 is 3.00 bits per heavy atom. The summed E-state index contributed by atoms with van der Waals surface area (Å²) in [6, 6.07) is 6.16. The van der Waals surface area contributed by atoms with Gasteiger partial charge in [0.25, 0.3) is 0 Å². The predicted molar refractivity (Wildman–Crippen MR) is 68.2 cm³/mol. The Labute approximate surface area is 106 Å². The van der Waals surface area contributed by atoms with Gasteiger partial charge in [-0.3, -0.25) is 4.68 Å². The number of aromatic nitrogens is 2. The lowest BCUT2D eigenvalue weighted by molar-refractivity contribution is 0.497. The summed E-state index contributed by atoms with van der Waals surface area (Å²) < 4.78 is 7.01. The SMILES string of the molecule is Cc1nn(C)c(NC(C)Cc2ccco2)c1C#N. The molecular weight excluding hydrogens is 228 g/mol. The Balaban J connectivity index is 2.12. The van der Waals surface area contributed by atoms with E-state index in [1.165, 1.54) is 0 Å². The van der Waals surface area contributed by atoms with Crippen molar-refractivity contribution in [2.75, 3.05) is 5.32 Å². The van der Waals surface area contributed by atoms with Crippen LogP contribution in [0.3, 0.4) is 0 Å². The summed E-state index contributed by atoms with van der Waals surface area (Å²) >= 11 is 0. The van der Waals surface area contributed by atoms with Crippen molar-refractivity contribution in [3.05, 3.63) is 35.4 Å². The average Bonchev–Trinajstić information content (AvgIpc) is 2.89. The molecule has 0 aliphatic rings. The molecule has 0 fully saturated rings. The van der Waals surface area contributed by atoms with Crippen molar-refractivity contribution in [1.29, 1.82) is 5.26 Å². The molecule has 2 rings (SSSR count). The minimum Gasteiger partial charge on any atom is -0.469 e. The van der Waals surface area contributed by atoms with Gasteiger partial charge in [-0.15, -0.1) is 0 Å². The van der Waals surface area contributed by atoms with Crippen molar-refractivity contribution >= 4 is 5.82 Å². The molecule has 5 heteroatoms. The maximum absolute atomic E-state index is 9.12. The van der Waals surface area contributed by atoms with Crippen molar-refractivity contribution in [3.63, 3.8) is 0 Å². The van der Waals surface area contributed by atoms with E-state index in [0.717, 1.165) is 23.7 Å². The van der Waals surface area contributed by atoms with Crippen molar-refractivity contribution in [2.24, 2.45) is 7.05 Å². The van der Waals surface area contributed by atoms with Gasteiger partial charge in [-0.2, -0.15) is 10.4 Å². The number of nitrogens with zero attached hydrogens (tertiary/aromatic N) is 3. The summed E-state index contributed by atoms with van der Waals surface area (Å²) in [5.41, 5.74) is 1.34. The second-order valence-corrected chi connectivity index (χ2v) is 4.37. The van der Waals surface area contributed by atoms with Gasteiger partial charge in [0.05, 0.1) is 12.0 Å². The monoisotopic (exact) mass is 244 g/mol. The second kappa shape index (κ2) is 4.96. The highest BCUT2D eigenvalue weighted by Gasteiger charge is 2.15. The molecule has 0 aromatic carbocycles. The quantitative estimate of drug-likeness (QED) is 0.895. The van der Waals surface area contributed by atoms with Crippen LogP contribution in [0.5, 0.6) is 0 Å². The lowest BCUT2D eigenvalue weighted by Crippen LogP contribution is -2.20. The molecule has 18 heavy (non-hydrogen) atoms. The zero-order chi connectivity index (χ0) is 13.1. The minimum absolute atomic E-state index is 0.165. The minimum atomic E-state index is 0.165. The van der Waals surface area contributed by atoms with E-state index in [0.29, 0.717) is 5.56 Å². The van der Waals surface area contributed by atoms with E-state index in [2.05, 4.69) is 16.5 Å². The average molecular weight is 244 g/mol. The molecule has 2 aromatic heterocycles. The van der Waals surface area contributed by atoms with E-state index in [-0.39, 0.29) is 6.04 Å². The van der Waals surface area contributed by atoms with Gasteiger partial charge in [-0.1, -0.05) is 0 Å². The zero-order valence-corrected chi connectivity index (χ0v) is 10.8. The van der Waals surface area contributed by atoms with Crippen LogP contribution in [0.15, 0.2) is 22.8 Å². The highest BCUT2D eigenvalue weighted by Crippen LogP contribution is 2.19. The molecule has 0 aliphatic carbocycles. The topological polar surface area (TPSA) is 66.8 Å². The Morgan fingerprint density at radius 1 is 1.61 bits per heavy atom. The maximum Gasteiger partial charge on any atom is 0.142 e. The van der Waals surface area contributed by atoms with Crippen molar-refractivity contribution in [3.8, 4) is 6.07 Å². The highest BCUT2D eigenvalue weighted by molar-refractivity contribution is 5.55. The maximum atomic E-state index is 9.12. The molecule has 2 aromatic rings. The third-order valence-electron chi connectivity index (χ3n) is 2.80. The third kappa shape index (κ3) is 2.38. The van der Waals surface area contributed by atoms with Gasteiger partial charge < -0.3 is 9.73 Å². The molecule has 2 heterocycles. The molecule has 1 unspecified atom stereocenters. The first-order valence-electron chi connectivity index (χ1n) is 5.84. The summed E-state index contributed by atoms with van der Waals surface area (Å²) in [6.45, 7) is 3.88. The van der Waals surface area contributed by atoms with E-state index >= 15 is 0 Å². The van der Waals surface area contributed by atoms with Crippen LogP contribution in [0.25, 0.3) is 0 Å². The molecule has 0 radical (unpaired) electrons. The number of hydrogen-bond donors (Lipinski definition) is 1. The van der Waals surface area contributed by atoms with E-state index in [1.807, 2.05) is 33.0 Å². The van der Waals surface area contributed by atoms with Crippen LogP contribution in [0.4, 0.5) is 5.82 Å². The summed E-state index contributed by atoms with van der Waals surface area (Å²) in [6.07, 6.45) is 2.43. The molecule has 1 atom stereocenters. The summed E-state index contributed by atoms with van der Waals surface area (Å²) in [7, 11) is 1.83. The van der Waals surface area contributed by atoms with Crippen LogP contribution in [0, 0.1) is 18.3 Å².